The highest BCUT2D eigenvalue weighted by Gasteiger charge is 2.14. The van der Waals surface area contributed by atoms with E-state index >= 15 is 0 Å². The summed E-state index contributed by atoms with van der Waals surface area (Å²) in [6.45, 7) is 0.943. The summed E-state index contributed by atoms with van der Waals surface area (Å²) in [6.07, 6.45) is 11.1. The topological polar surface area (TPSA) is 29.9 Å². The lowest BCUT2D eigenvalue weighted by Gasteiger charge is -2.14. The highest BCUT2D eigenvalue weighted by atomic mass is 15.0. The second-order valence-electron chi connectivity index (χ2n) is 4.96. The molecular formula is C15H19N3. The third-order valence-corrected chi connectivity index (χ3v) is 3.71. The van der Waals surface area contributed by atoms with Gasteiger partial charge in [-0.25, -0.2) is 4.98 Å². The molecule has 0 radical (unpaired) electrons. The Morgan fingerprint density at radius 3 is 2.83 bits per heavy atom. The first-order valence-electron chi connectivity index (χ1n) is 6.73. The molecule has 1 heterocycles. The molecule has 0 bridgehead atoms. The number of hydrogen-bond donors (Lipinski definition) is 1. The summed E-state index contributed by atoms with van der Waals surface area (Å²) in [5.41, 5.74) is 2.56. The monoisotopic (exact) mass is 241 g/mol. The fourth-order valence-corrected chi connectivity index (χ4v) is 2.70. The zero-order chi connectivity index (χ0) is 12.2. The van der Waals surface area contributed by atoms with Gasteiger partial charge in [-0.05, 0) is 24.5 Å². The van der Waals surface area contributed by atoms with E-state index in [0.29, 0.717) is 6.04 Å². The maximum Gasteiger partial charge on any atom is 0.0991 e. The maximum absolute atomic E-state index is 4.12. The van der Waals surface area contributed by atoms with Crippen molar-refractivity contribution in [1.29, 1.82) is 0 Å². The Labute approximate surface area is 108 Å². The van der Waals surface area contributed by atoms with Gasteiger partial charge in [0.15, 0.2) is 0 Å². The highest BCUT2D eigenvalue weighted by molar-refractivity contribution is 5.40. The van der Waals surface area contributed by atoms with E-state index in [0.717, 1.165) is 6.54 Å². The Kier molecular flexibility index (Phi) is 3.42. The van der Waals surface area contributed by atoms with Crippen LogP contribution >= 0.6 is 0 Å². The number of rotatable bonds is 4. The van der Waals surface area contributed by atoms with Crippen molar-refractivity contribution in [1.82, 2.24) is 14.9 Å². The number of aromatic nitrogens is 2. The van der Waals surface area contributed by atoms with Crippen LogP contribution in [0.2, 0.25) is 0 Å². The van der Waals surface area contributed by atoms with E-state index in [9.17, 15) is 0 Å². The lowest BCUT2D eigenvalue weighted by Crippen LogP contribution is -2.25. The van der Waals surface area contributed by atoms with Gasteiger partial charge in [0.25, 0.3) is 0 Å². The fraction of sp³-hybridized carbons (Fsp3) is 0.400. The molecule has 3 nitrogen and oxygen atoms in total. The van der Waals surface area contributed by atoms with Crippen molar-refractivity contribution in [2.75, 3.05) is 0 Å². The first kappa shape index (κ1) is 11.5. The molecular weight excluding hydrogens is 222 g/mol. The summed E-state index contributed by atoms with van der Waals surface area (Å²) in [6, 6.07) is 9.23. The molecule has 0 spiro atoms. The van der Waals surface area contributed by atoms with E-state index in [1.165, 1.54) is 36.9 Å². The van der Waals surface area contributed by atoms with Crippen molar-refractivity contribution < 1.29 is 0 Å². The molecule has 3 rings (SSSR count). The molecule has 18 heavy (non-hydrogen) atoms. The number of imidazole rings is 1. The Hall–Kier alpha value is -1.61. The Morgan fingerprint density at radius 1 is 1.22 bits per heavy atom. The summed E-state index contributed by atoms with van der Waals surface area (Å²) in [7, 11) is 0. The molecule has 1 aliphatic carbocycles. The molecule has 3 heteroatoms. The van der Waals surface area contributed by atoms with Crippen LogP contribution in [0, 0.1) is 0 Å². The Bertz CT molecular complexity index is 484. The number of hydrogen-bond acceptors (Lipinski definition) is 2. The zero-order valence-electron chi connectivity index (χ0n) is 10.5. The molecule has 1 N–H and O–H groups in total. The van der Waals surface area contributed by atoms with Crippen LogP contribution < -0.4 is 5.32 Å². The van der Waals surface area contributed by atoms with Gasteiger partial charge < -0.3 is 9.88 Å². The predicted octanol–water partition coefficient (Wildman–Crippen LogP) is 2.90. The van der Waals surface area contributed by atoms with Crippen LogP contribution in [0.25, 0.3) is 5.69 Å². The van der Waals surface area contributed by atoms with Crippen molar-refractivity contribution in [2.45, 2.75) is 38.3 Å². The molecule has 2 aromatic rings. The van der Waals surface area contributed by atoms with Gasteiger partial charge in [-0.3, -0.25) is 0 Å². The minimum atomic E-state index is 0.709. The van der Waals surface area contributed by atoms with Gasteiger partial charge in [0, 0.05) is 25.0 Å². The van der Waals surface area contributed by atoms with Crippen LogP contribution in [0.4, 0.5) is 0 Å². The number of para-hydroxylation sites is 1. The van der Waals surface area contributed by atoms with Gasteiger partial charge >= 0.3 is 0 Å². The fourth-order valence-electron chi connectivity index (χ4n) is 2.70. The second-order valence-corrected chi connectivity index (χ2v) is 4.96. The quantitative estimate of drug-likeness (QED) is 0.892. The van der Waals surface area contributed by atoms with E-state index in [1.54, 1.807) is 0 Å². The van der Waals surface area contributed by atoms with E-state index in [1.807, 2.05) is 18.7 Å². The van der Waals surface area contributed by atoms with Crippen molar-refractivity contribution in [3.63, 3.8) is 0 Å². The average molecular weight is 241 g/mol. The molecule has 1 aliphatic rings. The smallest absolute Gasteiger partial charge is 0.0991 e. The third kappa shape index (κ3) is 2.46. The summed E-state index contributed by atoms with van der Waals surface area (Å²) < 4.78 is 2.08. The molecule has 0 atom stereocenters. The SMILES string of the molecule is c1ccc(-n2ccnc2)c(CNC2CCCC2)c1. The summed E-state index contributed by atoms with van der Waals surface area (Å²) in [5, 5.41) is 3.67. The number of nitrogens with one attached hydrogen (secondary N) is 1. The van der Waals surface area contributed by atoms with Crippen LogP contribution in [0.1, 0.15) is 31.2 Å². The van der Waals surface area contributed by atoms with E-state index in [4.69, 9.17) is 0 Å². The molecule has 0 amide bonds. The number of benzene rings is 1. The maximum atomic E-state index is 4.12. The van der Waals surface area contributed by atoms with Crippen LogP contribution in [0.5, 0.6) is 0 Å². The summed E-state index contributed by atoms with van der Waals surface area (Å²) >= 11 is 0. The molecule has 1 saturated carbocycles. The highest BCUT2D eigenvalue weighted by Crippen LogP contribution is 2.19. The van der Waals surface area contributed by atoms with Crippen LogP contribution in [0.3, 0.4) is 0 Å². The predicted molar refractivity (Wildman–Crippen MR) is 72.7 cm³/mol. The van der Waals surface area contributed by atoms with Gasteiger partial charge in [0.05, 0.1) is 12.0 Å². The lowest BCUT2D eigenvalue weighted by molar-refractivity contribution is 0.523. The molecule has 1 aromatic carbocycles. The molecule has 0 unspecified atom stereocenters. The van der Waals surface area contributed by atoms with Crippen LogP contribution in [0.15, 0.2) is 43.0 Å². The van der Waals surface area contributed by atoms with Crippen molar-refractivity contribution in [3.05, 3.63) is 48.5 Å². The molecule has 1 aromatic heterocycles. The van der Waals surface area contributed by atoms with Crippen LogP contribution in [-0.4, -0.2) is 15.6 Å². The van der Waals surface area contributed by atoms with E-state index in [2.05, 4.69) is 39.1 Å². The first-order valence-corrected chi connectivity index (χ1v) is 6.73. The van der Waals surface area contributed by atoms with Gasteiger partial charge in [-0.1, -0.05) is 31.0 Å². The van der Waals surface area contributed by atoms with Crippen molar-refractivity contribution in [2.24, 2.45) is 0 Å². The third-order valence-electron chi connectivity index (χ3n) is 3.71. The first-order chi connectivity index (χ1) is 8.93. The van der Waals surface area contributed by atoms with Gasteiger partial charge in [-0.2, -0.15) is 0 Å². The minimum absolute atomic E-state index is 0.709. The van der Waals surface area contributed by atoms with Gasteiger partial charge in [0.2, 0.25) is 0 Å². The number of nitrogens with zero attached hydrogens (tertiary/aromatic N) is 2. The largest absolute Gasteiger partial charge is 0.310 e. The van der Waals surface area contributed by atoms with Crippen molar-refractivity contribution >= 4 is 0 Å². The molecule has 1 fully saturated rings. The Morgan fingerprint density at radius 2 is 2.06 bits per heavy atom. The molecule has 0 saturated heterocycles. The van der Waals surface area contributed by atoms with Crippen molar-refractivity contribution in [3.8, 4) is 5.69 Å². The minimum Gasteiger partial charge on any atom is -0.310 e. The van der Waals surface area contributed by atoms with Gasteiger partial charge in [-0.15, -0.1) is 0 Å². The average Bonchev–Trinajstić information content (AvgIpc) is 3.10. The van der Waals surface area contributed by atoms with E-state index in [-0.39, 0.29) is 0 Å². The second kappa shape index (κ2) is 5.36. The molecule has 0 aliphatic heterocycles. The van der Waals surface area contributed by atoms with Crippen LogP contribution in [-0.2, 0) is 6.54 Å². The Balaban J connectivity index is 1.75. The standard InChI is InChI=1S/C15H19N3/c1-4-8-15(18-10-9-16-12-18)13(5-1)11-17-14-6-2-3-7-14/h1,4-5,8-10,12,14,17H,2-3,6-7,11H2. The lowest BCUT2D eigenvalue weighted by atomic mass is 10.1. The summed E-state index contributed by atoms with van der Waals surface area (Å²) in [4.78, 5) is 4.12. The normalized spacial score (nSPS) is 16.2. The van der Waals surface area contributed by atoms with E-state index < -0.39 is 0 Å². The zero-order valence-corrected chi connectivity index (χ0v) is 10.5. The molecule has 94 valence electrons. The summed E-state index contributed by atoms with van der Waals surface area (Å²) in [5.74, 6) is 0. The van der Waals surface area contributed by atoms with Gasteiger partial charge in [0.1, 0.15) is 0 Å².